The van der Waals surface area contributed by atoms with Gasteiger partial charge in [-0.05, 0) is 24.4 Å². The van der Waals surface area contributed by atoms with Gasteiger partial charge in [-0.1, -0.05) is 0 Å². The third-order valence-electron chi connectivity index (χ3n) is 1.31. The molecule has 0 amide bonds. The van der Waals surface area contributed by atoms with Crippen LogP contribution in [0.1, 0.15) is 0 Å². The molecule has 1 aromatic carbocycles. The van der Waals surface area contributed by atoms with E-state index in [1.165, 1.54) is 6.07 Å². The summed E-state index contributed by atoms with van der Waals surface area (Å²) in [6.07, 6.45) is 0. The van der Waals surface area contributed by atoms with E-state index >= 15 is 0 Å². The molecule has 0 spiro atoms. The van der Waals surface area contributed by atoms with Crippen LogP contribution in [0.15, 0.2) is 23.2 Å². The zero-order valence-electron chi connectivity index (χ0n) is 6.71. The zero-order chi connectivity index (χ0) is 10.6. The van der Waals surface area contributed by atoms with Crippen LogP contribution in [-0.2, 0) is 0 Å². The quantitative estimate of drug-likeness (QED) is 0.575. The van der Waals surface area contributed by atoms with Gasteiger partial charge in [-0.3, -0.25) is 0 Å². The van der Waals surface area contributed by atoms with Crippen LogP contribution in [0.2, 0.25) is 0 Å². The van der Waals surface area contributed by atoms with Crippen LogP contribution in [0.4, 0.5) is 18.9 Å². The van der Waals surface area contributed by atoms with E-state index in [0.717, 1.165) is 12.1 Å². The number of aliphatic imine (C=N–C) groups is 1. The van der Waals surface area contributed by atoms with Gasteiger partial charge in [0.25, 0.3) is 0 Å². The topological polar surface area (TPSA) is 21.6 Å². The van der Waals surface area contributed by atoms with E-state index in [2.05, 4.69) is 21.9 Å². The number of benzene rings is 1. The van der Waals surface area contributed by atoms with Gasteiger partial charge >= 0.3 is 6.61 Å². The van der Waals surface area contributed by atoms with Gasteiger partial charge in [0.1, 0.15) is 0 Å². The summed E-state index contributed by atoms with van der Waals surface area (Å²) < 4.78 is 40.3. The molecule has 0 saturated heterocycles. The summed E-state index contributed by atoms with van der Waals surface area (Å²) in [5, 5.41) is 2.03. The molecule has 0 aliphatic rings. The highest BCUT2D eigenvalue weighted by molar-refractivity contribution is 7.78. The van der Waals surface area contributed by atoms with Gasteiger partial charge in [0.05, 0.1) is 10.8 Å². The molecule has 1 rings (SSSR count). The monoisotopic (exact) mass is 219 g/mol. The van der Waals surface area contributed by atoms with E-state index in [-0.39, 0.29) is 5.69 Å². The predicted octanol–water partition coefficient (Wildman–Crippen LogP) is 3.16. The first-order chi connectivity index (χ1) is 6.63. The van der Waals surface area contributed by atoms with Gasteiger partial charge in [-0.25, -0.2) is 4.39 Å². The standard InChI is InChI=1S/C8H4F3NOS/c9-6-2-1-5(12-4-14)3-7(6)13-8(10)11/h1-3,8H. The number of isothiocyanates is 1. The molecule has 0 aliphatic heterocycles. The van der Waals surface area contributed by atoms with Crippen LogP contribution in [0.3, 0.4) is 0 Å². The van der Waals surface area contributed by atoms with Gasteiger partial charge < -0.3 is 4.74 Å². The van der Waals surface area contributed by atoms with Crippen molar-refractivity contribution in [2.75, 3.05) is 0 Å². The minimum Gasteiger partial charge on any atom is -0.432 e. The van der Waals surface area contributed by atoms with Gasteiger partial charge in [0.2, 0.25) is 0 Å². The fourth-order valence-corrected chi connectivity index (χ4v) is 0.906. The van der Waals surface area contributed by atoms with Crippen molar-refractivity contribution in [2.24, 2.45) is 4.99 Å². The third-order valence-corrected chi connectivity index (χ3v) is 1.40. The third kappa shape index (κ3) is 2.83. The highest BCUT2D eigenvalue weighted by atomic mass is 32.1. The second kappa shape index (κ2) is 4.74. The molecular formula is C8H4F3NOS. The molecule has 14 heavy (non-hydrogen) atoms. The van der Waals surface area contributed by atoms with E-state index in [4.69, 9.17) is 0 Å². The largest absolute Gasteiger partial charge is 0.432 e. The summed E-state index contributed by atoms with van der Waals surface area (Å²) in [7, 11) is 0. The number of hydrogen-bond donors (Lipinski definition) is 0. The molecule has 74 valence electrons. The summed E-state index contributed by atoms with van der Waals surface area (Å²) in [5.41, 5.74) is 0.206. The van der Waals surface area contributed by atoms with Crippen LogP contribution in [0.25, 0.3) is 0 Å². The second-order valence-corrected chi connectivity index (χ2v) is 2.38. The van der Waals surface area contributed by atoms with Crippen molar-refractivity contribution in [3.8, 4) is 5.75 Å². The van der Waals surface area contributed by atoms with Crippen LogP contribution in [0.5, 0.6) is 5.75 Å². The molecule has 0 bridgehead atoms. The van der Waals surface area contributed by atoms with E-state index in [9.17, 15) is 13.2 Å². The summed E-state index contributed by atoms with van der Waals surface area (Å²) >= 11 is 4.30. The number of alkyl halides is 2. The lowest BCUT2D eigenvalue weighted by atomic mass is 10.3. The predicted molar refractivity (Wildman–Crippen MR) is 47.7 cm³/mol. The van der Waals surface area contributed by atoms with E-state index in [1.807, 2.05) is 5.16 Å². The lowest BCUT2D eigenvalue weighted by Gasteiger charge is -2.05. The molecule has 0 radical (unpaired) electrons. The SMILES string of the molecule is Fc1ccc(N=C=S)cc1OC(F)F. The normalized spacial score (nSPS) is 9.71. The number of rotatable bonds is 3. The lowest BCUT2D eigenvalue weighted by molar-refractivity contribution is -0.0521. The Morgan fingerprint density at radius 2 is 2.14 bits per heavy atom. The molecule has 0 atom stereocenters. The molecule has 1 aromatic rings. The van der Waals surface area contributed by atoms with Crippen molar-refractivity contribution in [3.63, 3.8) is 0 Å². The van der Waals surface area contributed by atoms with Crippen molar-refractivity contribution in [3.05, 3.63) is 24.0 Å². The van der Waals surface area contributed by atoms with Crippen molar-refractivity contribution in [1.29, 1.82) is 0 Å². The first-order valence-electron chi connectivity index (χ1n) is 3.45. The van der Waals surface area contributed by atoms with Crippen LogP contribution in [0, 0.1) is 5.82 Å². The van der Waals surface area contributed by atoms with Crippen LogP contribution in [-0.4, -0.2) is 11.8 Å². The first-order valence-corrected chi connectivity index (χ1v) is 3.86. The number of thiocarbonyl (C=S) groups is 1. The maximum absolute atomic E-state index is 12.8. The smallest absolute Gasteiger partial charge is 0.387 e. The van der Waals surface area contributed by atoms with E-state index in [0.29, 0.717) is 0 Å². The average Bonchev–Trinajstić information content (AvgIpc) is 2.10. The summed E-state index contributed by atoms with van der Waals surface area (Å²) in [6, 6.07) is 3.25. The highest BCUT2D eigenvalue weighted by Crippen LogP contribution is 2.24. The minimum atomic E-state index is -3.07. The maximum atomic E-state index is 12.8. The van der Waals surface area contributed by atoms with E-state index in [1.54, 1.807) is 0 Å². The Morgan fingerprint density at radius 1 is 1.43 bits per heavy atom. The average molecular weight is 219 g/mol. The number of halogens is 3. The van der Waals surface area contributed by atoms with Crippen molar-refractivity contribution in [2.45, 2.75) is 6.61 Å². The fourth-order valence-electron chi connectivity index (χ4n) is 0.801. The minimum absolute atomic E-state index is 0.206. The first kappa shape index (κ1) is 10.7. The van der Waals surface area contributed by atoms with Gasteiger partial charge in [0, 0.05) is 6.07 Å². The number of ether oxygens (including phenoxy) is 1. The molecule has 0 saturated carbocycles. The molecule has 0 aromatic heterocycles. The van der Waals surface area contributed by atoms with Gasteiger partial charge in [0.15, 0.2) is 11.6 Å². The molecule has 0 aliphatic carbocycles. The Kier molecular flexibility index (Phi) is 3.62. The van der Waals surface area contributed by atoms with Crippen molar-refractivity contribution in [1.82, 2.24) is 0 Å². The number of hydrogen-bond acceptors (Lipinski definition) is 3. The lowest BCUT2D eigenvalue weighted by Crippen LogP contribution is -2.03. The fraction of sp³-hybridized carbons (Fsp3) is 0.125. The Bertz CT molecular complexity index is 377. The molecule has 2 nitrogen and oxygen atoms in total. The second-order valence-electron chi connectivity index (χ2n) is 2.20. The molecule has 0 fully saturated rings. The number of nitrogens with zero attached hydrogens (tertiary/aromatic N) is 1. The summed E-state index contributed by atoms with van der Waals surface area (Å²) in [4.78, 5) is 3.49. The Labute approximate surface area is 83.0 Å². The molecule has 0 unspecified atom stereocenters. The van der Waals surface area contributed by atoms with E-state index < -0.39 is 18.2 Å². The van der Waals surface area contributed by atoms with Crippen molar-refractivity contribution < 1.29 is 17.9 Å². The Morgan fingerprint density at radius 3 is 2.71 bits per heavy atom. The maximum Gasteiger partial charge on any atom is 0.387 e. The van der Waals surface area contributed by atoms with Crippen LogP contribution < -0.4 is 4.74 Å². The van der Waals surface area contributed by atoms with Crippen molar-refractivity contribution >= 4 is 23.1 Å². The van der Waals surface area contributed by atoms with Crippen LogP contribution >= 0.6 is 12.2 Å². The Hall–Kier alpha value is -1.39. The highest BCUT2D eigenvalue weighted by Gasteiger charge is 2.09. The summed E-state index contributed by atoms with van der Waals surface area (Å²) in [6.45, 7) is -3.07. The van der Waals surface area contributed by atoms with Gasteiger partial charge in [-0.15, -0.1) is 0 Å². The summed E-state index contributed by atoms with van der Waals surface area (Å²) in [5.74, 6) is -1.44. The molecule has 0 N–H and O–H groups in total. The zero-order valence-corrected chi connectivity index (χ0v) is 7.52. The molecule has 6 heteroatoms. The molecule has 0 heterocycles. The van der Waals surface area contributed by atoms with Gasteiger partial charge in [-0.2, -0.15) is 13.8 Å². The Balaban J connectivity index is 3.01. The molecular weight excluding hydrogens is 215 g/mol.